The van der Waals surface area contributed by atoms with Crippen LogP contribution in [0.4, 0.5) is 0 Å². The molecule has 0 atom stereocenters. The minimum absolute atomic E-state index is 0.136. The van der Waals surface area contributed by atoms with Crippen molar-refractivity contribution in [2.45, 2.75) is 0 Å². The van der Waals surface area contributed by atoms with E-state index >= 15 is 0 Å². The van der Waals surface area contributed by atoms with Gasteiger partial charge in [-0.15, -0.1) is 0 Å². The Hall–Kier alpha value is -0.650. The molecular weight excluding hydrogens is 150 g/mol. The third-order valence-corrected chi connectivity index (χ3v) is 1.23. The van der Waals surface area contributed by atoms with Gasteiger partial charge >= 0.3 is 5.97 Å². The molecule has 0 amide bonds. The number of carbonyl (C=O) groups is 1. The van der Waals surface area contributed by atoms with Crippen molar-refractivity contribution in [2.24, 2.45) is 5.92 Å². The third kappa shape index (κ3) is 5.78. The quantitative estimate of drug-likeness (QED) is 0.373. The lowest BCUT2D eigenvalue weighted by molar-refractivity contribution is -0.136. The third-order valence-electron chi connectivity index (χ3n) is 1.23. The summed E-state index contributed by atoms with van der Waals surface area (Å²) in [7, 11) is 0. The van der Waals surface area contributed by atoms with Gasteiger partial charge in [-0.1, -0.05) is 0 Å². The van der Waals surface area contributed by atoms with Crippen LogP contribution in [0.1, 0.15) is 0 Å². The van der Waals surface area contributed by atoms with Gasteiger partial charge in [0.25, 0.3) is 0 Å². The molecule has 0 radical (unpaired) electrons. The molecular formula is C6H13NO4. The summed E-state index contributed by atoms with van der Waals surface area (Å²) in [6.45, 7) is -0.0952. The lowest BCUT2D eigenvalue weighted by atomic mass is 10.2. The Morgan fingerprint density at radius 3 is 2.27 bits per heavy atom. The van der Waals surface area contributed by atoms with Gasteiger partial charge in [-0.25, -0.2) is 0 Å². The average molecular weight is 163 g/mol. The van der Waals surface area contributed by atoms with E-state index in [9.17, 15) is 4.79 Å². The predicted molar refractivity (Wildman–Crippen MR) is 38.2 cm³/mol. The SMILES string of the molecule is O=C(O)CNCC(CO)CO. The van der Waals surface area contributed by atoms with Crippen molar-refractivity contribution in [1.82, 2.24) is 5.32 Å². The molecule has 0 saturated carbocycles. The minimum atomic E-state index is -0.945. The molecule has 0 aromatic rings. The molecule has 0 saturated heterocycles. The van der Waals surface area contributed by atoms with E-state index in [0.717, 1.165) is 0 Å². The van der Waals surface area contributed by atoms with Crippen molar-refractivity contribution in [2.75, 3.05) is 26.3 Å². The highest BCUT2D eigenvalue weighted by molar-refractivity contribution is 5.68. The molecule has 0 aliphatic rings. The maximum absolute atomic E-state index is 9.97. The van der Waals surface area contributed by atoms with Crippen LogP contribution >= 0.6 is 0 Å². The summed E-state index contributed by atoms with van der Waals surface area (Å²) in [6, 6.07) is 0. The zero-order valence-corrected chi connectivity index (χ0v) is 6.16. The Morgan fingerprint density at radius 1 is 1.36 bits per heavy atom. The summed E-state index contributed by atoms with van der Waals surface area (Å²) in [5.74, 6) is -1.21. The highest BCUT2D eigenvalue weighted by atomic mass is 16.4. The summed E-state index contributed by atoms with van der Waals surface area (Å²) in [4.78, 5) is 9.97. The van der Waals surface area contributed by atoms with Gasteiger partial charge in [-0.3, -0.25) is 4.79 Å². The highest BCUT2D eigenvalue weighted by Gasteiger charge is 2.05. The molecule has 0 bridgehead atoms. The summed E-state index contributed by atoms with van der Waals surface area (Å²) in [5, 5.41) is 27.8. The van der Waals surface area contributed by atoms with E-state index in [4.69, 9.17) is 15.3 Å². The minimum Gasteiger partial charge on any atom is -0.480 e. The second-order valence-electron chi connectivity index (χ2n) is 2.26. The lowest BCUT2D eigenvalue weighted by Gasteiger charge is -2.09. The maximum Gasteiger partial charge on any atom is 0.317 e. The van der Waals surface area contributed by atoms with Crippen molar-refractivity contribution in [3.05, 3.63) is 0 Å². The molecule has 4 N–H and O–H groups in total. The zero-order chi connectivity index (χ0) is 8.69. The molecule has 0 aromatic carbocycles. The fraction of sp³-hybridized carbons (Fsp3) is 0.833. The van der Waals surface area contributed by atoms with Gasteiger partial charge < -0.3 is 20.6 Å². The smallest absolute Gasteiger partial charge is 0.317 e. The molecule has 0 aromatic heterocycles. The number of rotatable bonds is 6. The van der Waals surface area contributed by atoms with E-state index < -0.39 is 5.97 Å². The number of nitrogens with one attached hydrogen (secondary N) is 1. The second-order valence-corrected chi connectivity index (χ2v) is 2.26. The van der Waals surface area contributed by atoms with Crippen LogP contribution in [-0.4, -0.2) is 47.6 Å². The number of aliphatic hydroxyl groups excluding tert-OH is 2. The topological polar surface area (TPSA) is 89.8 Å². The van der Waals surface area contributed by atoms with Gasteiger partial charge in [0.1, 0.15) is 0 Å². The number of carboxylic acids is 1. The largest absolute Gasteiger partial charge is 0.480 e. The number of aliphatic hydroxyl groups is 2. The molecule has 0 aliphatic carbocycles. The number of carboxylic acid groups (broad SMARTS) is 1. The fourth-order valence-corrected chi connectivity index (χ4v) is 0.570. The van der Waals surface area contributed by atoms with Crippen LogP contribution in [0.25, 0.3) is 0 Å². The average Bonchev–Trinajstić information content (AvgIpc) is 1.98. The van der Waals surface area contributed by atoms with Gasteiger partial charge in [0.15, 0.2) is 0 Å². The monoisotopic (exact) mass is 163 g/mol. The molecule has 0 spiro atoms. The molecule has 0 fully saturated rings. The summed E-state index contributed by atoms with van der Waals surface area (Å²) in [6.07, 6.45) is 0. The zero-order valence-electron chi connectivity index (χ0n) is 6.16. The van der Waals surface area contributed by atoms with Crippen LogP contribution in [0.15, 0.2) is 0 Å². The standard InChI is InChI=1S/C6H13NO4/c8-3-5(4-9)1-7-2-6(10)11/h5,7-9H,1-4H2,(H,10,11). The molecule has 5 heteroatoms. The molecule has 5 nitrogen and oxygen atoms in total. The lowest BCUT2D eigenvalue weighted by Crippen LogP contribution is -2.31. The molecule has 11 heavy (non-hydrogen) atoms. The van der Waals surface area contributed by atoms with Crippen LogP contribution in [0.2, 0.25) is 0 Å². The summed E-state index contributed by atoms with van der Waals surface area (Å²) >= 11 is 0. The molecule has 0 heterocycles. The van der Waals surface area contributed by atoms with Gasteiger partial charge in [-0.05, 0) is 0 Å². The first-order valence-corrected chi connectivity index (χ1v) is 3.35. The van der Waals surface area contributed by atoms with E-state index in [1.165, 1.54) is 0 Å². The van der Waals surface area contributed by atoms with Crippen LogP contribution in [0.5, 0.6) is 0 Å². The number of hydrogen-bond acceptors (Lipinski definition) is 4. The van der Waals surface area contributed by atoms with Crippen molar-refractivity contribution in [3.8, 4) is 0 Å². The van der Waals surface area contributed by atoms with Crippen LogP contribution < -0.4 is 5.32 Å². The first-order valence-electron chi connectivity index (χ1n) is 3.35. The van der Waals surface area contributed by atoms with Gasteiger partial charge in [0.05, 0.1) is 6.54 Å². The van der Waals surface area contributed by atoms with E-state index in [0.29, 0.717) is 6.54 Å². The summed E-state index contributed by atoms with van der Waals surface area (Å²) in [5.41, 5.74) is 0. The Kier molecular flexibility index (Phi) is 5.73. The van der Waals surface area contributed by atoms with E-state index in [2.05, 4.69) is 5.32 Å². The van der Waals surface area contributed by atoms with Crippen molar-refractivity contribution >= 4 is 5.97 Å². The number of hydrogen-bond donors (Lipinski definition) is 4. The van der Waals surface area contributed by atoms with Crippen molar-refractivity contribution in [3.63, 3.8) is 0 Å². The van der Waals surface area contributed by atoms with E-state index in [-0.39, 0.29) is 25.7 Å². The van der Waals surface area contributed by atoms with E-state index in [1.807, 2.05) is 0 Å². The Morgan fingerprint density at radius 2 is 1.91 bits per heavy atom. The highest BCUT2D eigenvalue weighted by Crippen LogP contribution is 1.88. The molecule has 0 rings (SSSR count). The Bertz CT molecular complexity index is 113. The van der Waals surface area contributed by atoms with Crippen LogP contribution in [-0.2, 0) is 4.79 Å². The second kappa shape index (κ2) is 6.09. The molecule has 0 unspecified atom stereocenters. The fourth-order valence-electron chi connectivity index (χ4n) is 0.570. The van der Waals surface area contributed by atoms with Crippen LogP contribution in [0.3, 0.4) is 0 Å². The summed E-state index contributed by atoms with van der Waals surface area (Å²) < 4.78 is 0. The van der Waals surface area contributed by atoms with Gasteiger partial charge in [0.2, 0.25) is 0 Å². The number of aliphatic carboxylic acids is 1. The molecule has 66 valence electrons. The first-order chi connectivity index (χ1) is 5.20. The Labute approximate surface area is 64.7 Å². The maximum atomic E-state index is 9.97. The first kappa shape index (κ1) is 10.3. The normalized spacial score (nSPS) is 10.5. The molecule has 0 aliphatic heterocycles. The van der Waals surface area contributed by atoms with Crippen molar-refractivity contribution < 1.29 is 20.1 Å². The van der Waals surface area contributed by atoms with Gasteiger partial charge in [-0.2, -0.15) is 0 Å². The Balaban J connectivity index is 3.28. The van der Waals surface area contributed by atoms with Crippen molar-refractivity contribution in [1.29, 1.82) is 0 Å². The predicted octanol–water partition coefficient (Wildman–Crippen LogP) is -1.74. The van der Waals surface area contributed by atoms with E-state index in [1.54, 1.807) is 0 Å². The van der Waals surface area contributed by atoms with Crippen LogP contribution in [0, 0.1) is 5.92 Å². The van der Waals surface area contributed by atoms with Gasteiger partial charge in [0, 0.05) is 25.7 Å².